The number of nitrogens with zero attached hydrogens (tertiary/aromatic N) is 4. The highest BCUT2D eigenvalue weighted by atomic mass is 35.5. The fraction of sp³-hybridized carbons (Fsp3) is 0.261. The molecule has 154 valence electrons. The molecule has 0 radical (unpaired) electrons. The van der Waals surface area contributed by atoms with Crippen molar-refractivity contribution in [1.29, 1.82) is 0 Å². The Bertz CT molecular complexity index is 1250. The first-order valence-corrected chi connectivity index (χ1v) is 10.3. The van der Waals surface area contributed by atoms with Crippen molar-refractivity contribution in [3.8, 4) is 11.4 Å². The number of hydrogen-bond donors (Lipinski definition) is 0. The van der Waals surface area contributed by atoms with Crippen LogP contribution in [0.5, 0.6) is 5.75 Å². The number of halogens is 2. The third kappa shape index (κ3) is 3.36. The number of aryl methyl sites for hydroxylation is 1. The predicted molar refractivity (Wildman–Crippen MR) is 116 cm³/mol. The number of fused-ring (bicyclic) bond motifs is 2. The van der Waals surface area contributed by atoms with Gasteiger partial charge in [-0.2, -0.15) is 5.10 Å². The Morgan fingerprint density at radius 2 is 2.07 bits per heavy atom. The van der Waals surface area contributed by atoms with Gasteiger partial charge in [-0.05, 0) is 43.3 Å². The van der Waals surface area contributed by atoms with Gasteiger partial charge >= 0.3 is 0 Å². The van der Waals surface area contributed by atoms with Crippen molar-refractivity contribution in [1.82, 2.24) is 19.2 Å². The van der Waals surface area contributed by atoms with Crippen LogP contribution in [0.1, 0.15) is 16.8 Å². The highest BCUT2D eigenvalue weighted by Gasteiger charge is 2.21. The quantitative estimate of drug-likeness (QED) is 0.471. The minimum absolute atomic E-state index is 0.241. The topological polar surface area (TPSA) is 35.2 Å². The zero-order chi connectivity index (χ0) is 20.8. The summed E-state index contributed by atoms with van der Waals surface area (Å²) in [6.45, 7) is 5.00. The molecule has 5 nitrogen and oxygen atoms in total. The normalized spacial score (nSPS) is 14.5. The van der Waals surface area contributed by atoms with E-state index in [2.05, 4.69) is 23.0 Å². The Morgan fingerprint density at radius 1 is 1.20 bits per heavy atom. The molecule has 0 aliphatic carbocycles. The molecule has 5 rings (SSSR count). The van der Waals surface area contributed by atoms with E-state index in [0.717, 1.165) is 47.5 Å². The molecule has 0 fully saturated rings. The van der Waals surface area contributed by atoms with Crippen molar-refractivity contribution in [2.45, 2.75) is 20.0 Å². The van der Waals surface area contributed by atoms with E-state index in [0.29, 0.717) is 11.6 Å². The van der Waals surface area contributed by atoms with Crippen LogP contribution in [0, 0.1) is 12.7 Å². The van der Waals surface area contributed by atoms with Crippen molar-refractivity contribution in [3.05, 3.63) is 76.5 Å². The van der Waals surface area contributed by atoms with E-state index in [1.807, 2.05) is 40.8 Å². The number of hydrogen-bond acceptors (Lipinski definition) is 3. The van der Waals surface area contributed by atoms with Crippen LogP contribution in [0.15, 0.2) is 48.8 Å². The maximum atomic E-state index is 13.6. The standard InChI is InChI=1S/C23H22ClFN4O/c1-15-18(12-26-27(15)2)14-28-7-8-30-23-17(13-28)10-20(11-21(23)24)29-6-5-16-9-19(25)3-4-22(16)29/h3-6,9-12H,7-8,13-14H2,1-2H3. The SMILES string of the molecule is Cc1c(CN2CCOc3c(Cl)cc(-n4ccc5cc(F)ccc54)cc3C2)cnn1C. The van der Waals surface area contributed by atoms with E-state index < -0.39 is 0 Å². The van der Waals surface area contributed by atoms with Gasteiger partial charge in [-0.25, -0.2) is 4.39 Å². The van der Waals surface area contributed by atoms with Gasteiger partial charge in [0.1, 0.15) is 18.2 Å². The predicted octanol–water partition coefficient (Wildman–Crippen LogP) is 4.86. The summed E-state index contributed by atoms with van der Waals surface area (Å²) < 4.78 is 23.5. The number of rotatable bonds is 3. The van der Waals surface area contributed by atoms with Crippen molar-refractivity contribution in [3.63, 3.8) is 0 Å². The van der Waals surface area contributed by atoms with Crippen molar-refractivity contribution in [2.75, 3.05) is 13.2 Å². The molecule has 1 aliphatic rings. The number of ether oxygens (including phenoxy) is 1. The molecule has 1 aliphatic heterocycles. The maximum Gasteiger partial charge on any atom is 0.142 e. The molecule has 0 N–H and O–H groups in total. The monoisotopic (exact) mass is 424 g/mol. The minimum Gasteiger partial charge on any atom is -0.490 e. The summed E-state index contributed by atoms with van der Waals surface area (Å²) in [6.07, 6.45) is 3.87. The number of aromatic nitrogens is 3. The van der Waals surface area contributed by atoms with Crippen LogP contribution in [0.3, 0.4) is 0 Å². The molecule has 0 saturated heterocycles. The first-order valence-electron chi connectivity index (χ1n) is 9.91. The molecule has 0 bridgehead atoms. The molecular weight excluding hydrogens is 403 g/mol. The van der Waals surface area contributed by atoms with Gasteiger partial charge < -0.3 is 9.30 Å². The van der Waals surface area contributed by atoms with Gasteiger partial charge in [-0.15, -0.1) is 0 Å². The van der Waals surface area contributed by atoms with E-state index in [1.165, 1.54) is 23.4 Å². The van der Waals surface area contributed by atoms with E-state index in [1.54, 1.807) is 6.07 Å². The average molecular weight is 425 g/mol. The summed E-state index contributed by atoms with van der Waals surface area (Å²) in [6, 6.07) is 10.7. The summed E-state index contributed by atoms with van der Waals surface area (Å²) in [7, 11) is 1.96. The summed E-state index contributed by atoms with van der Waals surface area (Å²) in [5.74, 6) is 0.503. The fourth-order valence-electron chi connectivity index (χ4n) is 4.06. The molecule has 0 unspecified atom stereocenters. The zero-order valence-corrected chi connectivity index (χ0v) is 17.7. The second-order valence-electron chi connectivity index (χ2n) is 7.74. The van der Waals surface area contributed by atoms with Crippen molar-refractivity contribution in [2.24, 2.45) is 7.05 Å². The molecule has 0 amide bonds. The Balaban J connectivity index is 1.51. The van der Waals surface area contributed by atoms with Crippen LogP contribution < -0.4 is 4.74 Å². The summed E-state index contributed by atoms with van der Waals surface area (Å²) in [4.78, 5) is 2.35. The van der Waals surface area contributed by atoms with Crippen molar-refractivity contribution < 1.29 is 9.13 Å². The van der Waals surface area contributed by atoms with Gasteiger partial charge in [-0.3, -0.25) is 9.58 Å². The highest BCUT2D eigenvalue weighted by Crippen LogP contribution is 2.35. The smallest absolute Gasteiger partial charge is 0.142 e. The van der Waals surface area contributed by atoms with Gasteiger partial charge in [0, 0.05) is 60.8 Å². The van der Waals surface area contributed by atoms with Crippen LogP contribution in [0.4, 0.5) is 4.39 Å². The van der Waals surface area contributed by atoms with Crippen LogP contribution in [-0.4, -0.2) is 32.4 Å². The molecule has 0 saturated carbocycles. The first kappa shape index (κ1) is 19.2. The van der Waals surface area contributed by atoms with Gasteiger partial charge in [0.15, 0.2) is 0 Å². The Labute approximate surface area is 179 Å². The molecule has 7 heteroatoms. The van der Waals surface area contributed by atoms with Gasteiger partial charge in [0.25, 0.3) is 0 Å². The van der Waals surface area contributed by atoms with E-state index in [4.69, 9.17) is 16.3 Å². The van der Waals surface area contributed by atoms with Crippen LogP contribution in [0.25, 0.3) is 16.6 Å². The second kappa shape index (κ2) is 7.45. The van der Waals surface area contributed by atoms with Crippen LogP contribution >= 0.6 is 11.6 Å². The van der Waals surface area contributed by atoms with Crippen LogP contribution in [0.2, 0.25) is 5.02 Å². The lowest BCUT2D eigenvalue weighted by Gasteiger charge is -2.19. The molecule has 3 heterocycles. The molecule has 0 atom stereocenters. The lowest BCUT2D eigenvalue weighted by atomic mass is 10.1. The van der Waals surface area contributed by atoms with E-state index in [-0.39, 0.29) is 5.82 Å². The Morgan fingerprint density at radius 3 is 2.87 bits per heavy atom. The molecule has 30 heavy (non-hydrogen) atoms. The summed E-state index contributed by atoms with van der Waals surface area (Å²) in [5, 5.41) is 5.80. The summed E-state index contributed by atoms with van der Waals surface area (Å²) >= 11 is 6.62. The molecular formula is C23H22ClFN4O. The molecule has 0 spiro atoms. The molecule has 2 aromatic carbocycles. The zero-order valence-electron chi connectivity index (χ0n) is 16.9. The summed E-state index contributed by atoms with van der Waals surface area (Å²) in [5.41, 5.74) is 5.29. The molecule has 4 aromatic rings. The third-order valence-electron chi connectivity index (χ3n) is 5.81. The van der Waals surface area contributed by atoms with E-state index in [9.17, 15) is 4.39 Å². The lowest BCUT2D eigenvalue weighted by molar-refractivity contribution is 0.219. The average Bonchev–Trinajstić information content (AvgIpc) is 3.19. The third-order valence-corrected chi connectivity index (χ3v) is 6.10. The maximum absolute atomic E-state index is 13.6. The minimum atomic E-state index is -0.241. The lowest BCUT2D eigenvalue weighted by Crippen LogP contribution is -2.25. The second-order valence-corrected chi connectivity index (χ2v) is 8.15. The van der Waals surface area contributed by atoms with Gasteiger partial charge in [-0.1, -0.05) is 11.6 Å². The molecule has 2 aromatic heterocycles. The Hall–Kier alpha value is -2.83. The van der Waals surface area contributed by atoms with Gasteiger partial charge in [0.05, 0.1) is 16.7 Å². The first-order chi connectivity index (χ1) is 14.5. The van der Waals surface area contributed by atoms with Gasteiger partial charge in [0.2, 0.25) is 0 Å². The Kier molecular flexibility index (Phi) is 4.76. The highest BCUT2D eigenvalue weighted by molar-refractivity contribution is 6.32. The fourth-order valence-corrected chi connectivity index (χ4v) is 4.35. The van der Waals surface area contributed by atoms with Crippen molar-refractivity contribution >= 4 is 22.5 Å². The van der Waals surface area contributed by atoms with Crippen LogP contribution in [-0.2, 0) is 20.1 Å². The van der Waals surface area contributed by atoms with E-state index >= 15 is 0 Å². The largest absolute Gasteiger partial charge is 0.490 e. The number of benzene rings is 2.